The van der Waals surface area contributed by atoms with Crippen LogP contribution in [-0.4, -0.2) is 17.3 Å². The fourth-order valence-electron chi connectivity index (χ4n) is 10.8. The molecule has 0 radical (unpaired) electrons. The Morgan fingerprint density at radius 1 is 0.300 bits per heavy atom. The van der Waals surface area contributed by atoms with E-state index in [9.17, 15) is 14.4 Å². The molecular formula is C77H172O3. The smallest absolute Gasteiger partial charge is 0.138 e. The second kappa shape index (κ2) is 70.5. The van der Waals surface area contributed by atoms with Crippen LogP contribution in [0.25, 0.3) is 0 Å². The molecule has 2 bridgehead atoms. The maximum absolute atomic E-state index is 11.3. The number of hydrogen-bond acceptors (Lipinski definition) is 3. The van der Waals surface area contributed by atoms with Gasteiger partial charge in [0.25, 0.3) is 0 Å². The van der Waals surface area contributed by atoms with E-state index in [1.807, 2.05) is 138 Å². The monoisotopic (exact) mass is 1150 g/mol. The summed E-state index contributed by atoms with van der Waals surface area (Å²) in [5.74, 6) is 11.7. The minimum atomic E-state index is 0. The van der Waals surface area contributed by atoms with Crippen LogP contribution in [0.5, 0.6) is 0 Å². The van der Waals surface area contributed by atoms with Crippen LogP contribution in [0.2, 0.25) is 0 Å². The third-order valence-electron chi connectivity index (χ3n) is 14.8. The Bertz CT molecular complexity index is 1130. The van der Waals surface area contributed by atoms with Gasteiger partial charge in [0, 0.05) is 35.5 Å². The first kappa shape index (κ1) is 107. The quantitative estimate of drug-likeness (QED) is 0.174. The zero-order valence-electron chi connectivity index (χ0n) is 57.0. The van der Waals surface area contributed by atoms with Crippen molar-refractivity contribution in [2.45, 2.75) is 399 Å². The molecule has 0 atom stereocenters. The summed E-state index contributed by atoms with van der Waals surface area (Å²) in [7, 11) is 0. The van der Waals surface area contributed by atoms with Crippen molar-refractivity contribution >= 4 is 17.3 Å². The highest BCUT2D eigenvalue weighted by atomic mass is 16.1. The van der Waals surface area contributed by atoms with E-state index < -0.39 is 0 Å². The van der Waals surface area contributed by atoms with Gasteiger partial charge in [-0.15, -0.1) is 0 Å². The third kappa shape index (κ3) is 58.8. The Labute approximate surface area is 516 Å². The maximum atomic E-state index is 11.3. The van der Waals surface area contributed by atoms with Gasteiger partial charge in [0.05, 0.1) is 0 Å². The molecule has 498 valence electrons. The highest BCUT2D eigenvalue weighted by molar-refractivity contribution is 5.85. The molecule has 0 aliphatic heterocycles. The largest absolute Gasteiger partial charge is 0.299 e. The van der Waals surface area contributed by atoms with Crippen LogP contribution >= 0.6 is 0 Å². The molecule has 9 aliphatic carbocycles. The van der Waals surface area contributed by atoms with Crippen molar-refractivity contribution in [3.05, 3.63) is 0 Å². The van der Waals surface area contributed by atoms with Crippen LogP contribution in [0.1, 0.15) is 399 Å². The van der Waals surface area contributed by atoms with E-state index in [4.69, 9.17) is 0 Å². The molecule has 0 unspecified atom stereocenters. The summed E-state index contributed by atoms with van der Waals surface area (Å²) < 4.78 is 0. The van der Waals surface area contributed by atoms with Gasteiger partial charge in [-0.3, -0.25) is 14.4 Å². The number of hydrogen-bond donors (Lipinski definition) is 0. The lowest BCUT2D eigenvalue weighted by atomic mass is 9.42. The molecule has 0 heterocycles. The highest BCUT2D eigenvalue weighted by Crippen LogP contribution is 2.67. The minimum absolute atomic E-state index is 0. The fraction of sp³-hybridized carbons (Fsp3) is 0.961. The normalized spacial score (nSPS) is 18.9. The second-order valence-electron chi connectivity index (χ2n) is 24.4. The molecule has 3 heteroatoms. The molecule has 0 spiro atoms. The van der Waals surface area contributed by atoms with Crippen molar-refractivity contribution in [3.8, 4) is 0 Å². The Kier molecular flexibility index (Phi) is 94.4. The molecule has 80 heavy (non-hydrogen) atoms. The fourth-order valence-corrected chi connectivity index (χ4v) is 10.8. The van der Waals surface area contributed by atoms with Gasteiger partial charge in [-0.1, -0.05) is 315 Å². The summed E-state index contributed by atoms with van der Waals surface area (Å²) in [6.07, 6.45) is 34.9. The van der Waals surface area contributed by atoms with E-state index in [-0.39, 0.29) is 62.3 Å². The van der Waals surface area contributed by atoms with Crippen molar-refractivity contribution in [1.82, 2.24) is 0 Å². The van der Waals surface area contributed by atoms with Crippen molar-refractivity contribution in [1.29, 1.82) is 0 Å². The number of Topliss-reactive ketones (excluding diaryl/α,β-unsaturated/α-hetero) is 3. The second-order valence-corrected chi connectivity index (χ2v) is 24.4. The van der Waals surface area contributed by atoms with E-state index >= 15 is 0 Å². The van der Waals surface area contributed by atoms with Crippen LogP contribution in [0.3, 0.4) is 0 Å². The van der Waals surface area contributed by atoms with Crippen molar-refractivity contribution in [2.75, 3.05) is 0 Å². The molecule has 0 aromatic rings. The zero-order chi connectivity index (χ0) is 59.0. The Balaban J connectivity index is -0.0000000643. The Morgan fingerprint density at radius 3 is 0.650 bits per heavy atom. The molecule has 9 aliphatic rings. The SMILES string of the molecule is C.C.C.C.C.C.CC.CC.CC.CC.CC.CC.CC.CC(C)C(=O)C1CC1.CC(C)C(=O)C1CCC1.CC(C)C(=O)C1CCCC1.CC(C)CC12CC(C1)C2.CC(C)CC1CC1.CC(C)CC1CCC1.CC(C)CC1CCCC1. The lowest BCUT2D eigenvalue weighted by Gasteiger charge is -2.63. The van der Waals surface area contributed by atoms with Crippen molar-refractivity contribution < 1.29 is 14.4 Å². The number of rotatable bonds is 14. The molecular weight excluding hydrogens is 973 g/mol. The average molecular weight is 1150 g/mol. The number of carbonyl (C=O) groups excluding carboxylic acids is 3. The number of ketones is 3. The summed E-state index contributed by atoms with van der Waals surface area (Å²) in [5.41, 5.74) is 0.888. The lowest BCUT2D eigenvalue weighted by molar-refractivity contribution is -0.128. The summed E-state index contributed by atoms with van der Waals surface area (Å²) in [6, 6.07) is 0. The molecule has 9 fully saturated rings. The minimum Gasteiger partial charge on any atom is -0.299 e. The van der Waals surface area contributed by atoms with Gasteiger partial charge in [-0.2, -0.15) is 0 Å². The first-order chi connectivity index (χ1) is 35.2. The summed E-state index contributed by atoms with van der Waals surface area (Å²) >= 11 is 0. The van der Waals surface area contributed by atoms with Gasteiger partial charge in [0.1, 0.15) is 17.3 Å². The first-order valence-corrected chi connectivity index (χ1v) is 33.8. The van der Waals surface area contributed by atoms with Crippen molar-refractivity contribution in [2.24, 2.45) is 88.3 Å². The van der Waals surface area contributed by atoms with Crippen LogP contribution in [0.4, 0.5) is 0 Å². The molecule has 9 saturated carbocycles. The zero-order valence-corrected chi connectivity index (χ0v) is 57.0. The van der Waals surface area contributed by atoms with Crippen molar-refractivity contribution in [3.63, 3.8) is 0 Å². The van der Waals surface area contributed by atoms with Crippen LogP contribution in [0.15, 0.2) is 0 Å². The average Bonchev–Trinajstić information content (AvgIpc) is 4.24. The Hall–Kier alpha value is -0.990. The van der Waals surface area contributed by atoms with Gasteiger partial charge in [-0.25, -0.2) is 0 Å². The predicted octanol–water partition coefficient (Wildman–Crippen LogP) is 28.4. The van der Waals surface area contributed by atoms with E-state index in [0.29, 0.717) is 35.1 Å². The third-order valence-corrected chi connectivity index (χ3v) is 14.8. The van der Waals surface area contributed by atoms with Gasteiger partial charge in [-0.05, 0) is 136 Å². The van der Waals surface area contributed by atoms with E-state index in [1.165, 1.54) is 109 Å². The van der Waals surface area contributed by atoms with Crippen LogP contribution < -0.4 is 0 Å². The molecule has 0 N–H and O–H groups in total. The summed E-state index contributed by atoms with van der Waals surface area (Å²) in [6.45, 7) is 58.5. The topological polar surface area (TPSA) is 51.2 Å². The molecule has 9 rings (SSSR count). The van der Waals surface area contributed by atoms with Gasteiger partial charge in [0.2, 0.25) is 0 Å². The molecule has 0 amide bonds. The maximum Gasteiger partial charge on any atom is 0.138 e. The van der Waals surface area contributed by atoms with E-state index in [2.05, 4.69) is 55.4 Å². The number of carbonyl (C=O) groups is 3. The molecule has 0 aromatic heterocycles. The van der Waals surface area contributed by atoms with Crippen LogP contribution in [-0.2, 0) is 14.4 Å². The molecule has 0 saturated heterocycles. The first-order valence-electron chi connectivity index (χ1n) is 33.8. The van der Waals surface area contributed by atoms with Gasteiger partial charge >= 0.3 is 0 Å². The lowest BCUT2D eigenvalue weighted by Crippen LogP contribution is -2.52. The molecule has 3 nitrogen and oxygen atoms in total. The Morgan fingerprint density at radius 2 is 0.512 bits per heavy atom. The van der Waals surface area contributed by atoms with Crippen LogP contribution in [0, 0.1) is 88.3 Å². The summed E-state index contributed by atoms with van der Waals surface area (Å²) in [4.78, 5) is 33.4. The predicted molar refractivity (Wildman–Crippen MR) is 381 cm³/mol. The highest BCUT2D eigenvalue weighted by Gasteiger charge is 2.55. The molecule has 0 aromatic carbocycles. The van der Waals surface area contributed by atoms with Gasteiger partial charge < -0.3 is 0 Å². The van der Waals surface area contributed by atoms with E-state index in [0.717, 1.165) is 85.4 Å². The summed E-state index contributed by atoms with van der Waals surface area (Å²) in [5, 5.41) is 0. The van der Waals surface area contributed by atoms with E-state index in [1.54, 1.807) is 19.3 Å². The standard InChI is InChI=1S/C9H16O.C9H16.C9H18.C8H14O.C8H16.C7H12O.C7H14.7C2H6.6CH4/c1-7(2)9(10)8-5-3-4-6-8;1-7(2)3-9-4-8(5-9)6-9;1-8(2)7-9-5-3-4-6-9;1-6(2)8(9)7-4-3-5-7;1-7(2)6-8-4-3-5-8;1-5(2)7(8)6-3-4-6;1-6(2)5-7-3-4-7;7*1-2;;;;;;/h7-8H,3-6H2,1-2H3;7-8H,3-6H2,1-2H3;8-9H,3-7H2,1-2H3;6-7H,3-5H2,1-2H3;7-8H,3-6H2,1-2H3;5-6H,3-4H2,1-2H3;6-7H,3-5H2,1-2H3;7*1-2H3;6*1H4. The van der Waals surface area contributed by atoms with Gasteiger partial charge in [0.15, 0.2) is 0 Å².